The average Bonchev–Trinajstić information content (AvgIpc) is 3.19. The van der Waals surface area contributed by atoms with Crippen molar-refractivity contribution < 1.29 is 29.2 Å². The van der Waals surface area contributed by atoms with Crippen molar-refractivity contribution in [2.45, 2.75) is 42.9 Å². The zero-order valence-electron chi connectivity index (χ0n) is 15.6. The Bertz CT molecular complexity index is 656. The van der Waals surface area contributed by atoms with Crippen LogP contribution in [0.4, 0.5) is 0 Å². The van der Waals surface area contributed by atoms with Crippen molar-refractivity contribution in [3.05, 3.63) is 42.5 Å². The average molecular weight is 376 g/mol. The molecule has 27 heavy (non-hydrogen) atoms. The summed E-state index contributed by atoms with van der Waals surface area (Å²) in [7, 11) is 1.69. The molecule has 0 radical (unpaired) electrons. The van der Waals surface area contributed by atoms with Gasteiger partial charge in [0.1, 0.15) is 24.1 Å². The molecule has 3 aliphatic rings. The molecule has 2 aliphatic carbocycles. The summed E-state index contributed by atoms with van der Waals surface area (Å²) >= 11 is 0. The molecule has 0 bridgehead atoms. The van der Waals surface area contributed by atoms with E-state index in [2.05, 4.69) is 0 Å². The highest BCUT2D eigenvalue weighted by atomic mass is 16.8. The van der Waals surface area contributed by atoms with Gasteiger partial charge in [-0.25, -0.2) is 0 Å². The third-order valence-electron chi connectivity index (χ3n) is 6.29. The van der Waals surface area contributed by atoms with Crippen molar-refractivity contribution in [3.63, 3.8) is 0 Å². The van der Waals surface area contributed by atoms with Gasteiger partial charge in [0.15, 0.2) is 5.79 Å². The van der Waals surface area contributed by atoms with Crippen molar-refractivity contribution in [2.75, 3.05) is 26.9 Å². The largest absolute Gasteiger partial charge is 0.491 e. The smallest absolute Gasteiger partial charge is 0.198 e. The van der Waals surface area contributed by atoms with Gasteiger partial charge >= 0.3 is 0 Å². The lowest BCUT2D eigenvalue weighted by Gasteiger charge is -2.64. The molecule has 1 heterocycles. The van der Waals surface area contributed by atoms with Crippen LogP contribution in [-0.2, 0) is 14.2 Å². The quantitative estimate of drug-likeness (QED) is 0.739. The number of fused-ring (bicyclic) bond motifs is 2. The van der Waals surface area contributed by atoms with E-state index >= 15 is 0 Å². The van der Waals surface area contributed by atoms with Crippen LogP contribution in [0.25, 0.3) is 0 Å². The van der Waals surface area contributed by atoms with Crippen molar-refractivity contribution in [3.8, 4) is 5.75 Å². The van der Waals surface area contributed by atoms with Gasteiger partial charge in [0.25, 0.3) is 0 Å². The Kier molecular flexibility index (Phi) is 5.27. The van der Waals surface area contributed by atoms with Crippen LogP contribution >= 0.6 is 0 Å². The van der Waals surface area contributed by atoms with E-state index in [1.807, 2.05) is 36.4 Å². The molecule has 0 unspecified atom stereocenters. The molecule has 1 spiro atoms. The summed E-state index contributed by atoms with van der Waals surface area (Å²) in [5.41, 5.74) is -0.525. The highest BCUT2D eigenvalue weighted by Gasteiger charge is 2.73. The Hall–Kier alpha value is -1.44. The Morgan fingerprint density at radius 1 is 1.26 bits per heavy atom. The number of rotatable bonds is 6. The van der Waals surface area contributed by atoms with Crippen LogP contribution in [0.15, 0.2) is 42.5 Å². The molecule has 2 saturated carbocycles. The SMILES string of the molecule is CO[C@@]12CC[C@H](O)[C@@H](/C=C/[C@@H](O)COc3ccccc3)[C@@H]1CC21OCCO1. The van der Waals surface area contributed by atoms with E-state index in [4.69, 9.17) is 18.9 Å². The summed E-state index contributed by atoms with van der Waals surface area (Å²) in [6, 6.07) is 9.39. The number of para-hydroxylation sites is 1. The molecule has 1 aromatic carbocycles. The third-order valence-corrected chi connectivity index (χ3v) is 6.29. The lowest BCUT2D eigenvalue weighted by Crippen LogP contribution is -2.74. The predicted octanol–water partition coefficient (Wildman–Crippen LogP) is 1.90. The Morgan fingerprint density at radius 2 is 2.00 bits per heavy atom. The minimum atomic E-state index is -0.746. The normalized spacial score (nSPS) is 35.7. The molecule has 6 nitrogen and oxygen atoms in total. The molecule has 1 saturated heterocycles. The van der Waals surface area contributed by atoms with Crippen molar-refractivity contribution in [1.82, 2.24) is 0 Å². The van der Waals surface area contributed by atoms with Gasteiger partial charge in [-0.2, -0.15) is 0 Å². The molecule has 0 aromatic heterocycles. The van der Waals surface area contributed by atoms with Gasteiger partial charge < -0.3 is 29.2 Å². The lowest BCUT2D eigenvalue weighted by atomic mass is 9.52. The van der Waals surface area contributed by atoms with Crippen LogP contribution in [0, 0.1) is 11.8 Å². The fraction of sp³-hybridized carbons (Fsp3) is 0.619. The van der Waals surface area contributed by atoms with Gasteiger partial charge in [-0.15, -0.1) is 0 Å². The van der Waals surface area contributed by atoms with E-state index in [9.17, 15) is 10.2 Å². The van der Waals surface area contributed by atoms with Crippen molar-refractivity contribution >= 4 is 0 Å². The minimum Gasteiger partial charge on any atom is -0.491 e. The van der Waals surface area contributed by atoms with E-state index in [0.717, 1.165) is 5.75 Å². The summed E-state index contributed by atoms with van der Waals surface area (Å²) in [6.45, 7) is 1.33. The second kappa shape index (κ2) is 7.53. The second-order valence-corrected chi connectivity index (χ2v) is 7.61. The zero-order chi connectivity index (χ0) is 18.9. The highest BCUT2D eigenvalue weighted by molar-refractivity contribution is 5.22. The van der Waals surface area contributed by atoms with E-state index in [0.29, 0.717) is 32.5 Å². The molecular formula is C21H28O6. The molecule has 5 atom stereocenters. The number of hydrogen-bond donors (Lipinski definition) is 2. The number of aliphatic hydroxyl groups excluding tert-OH is 2. The van der Waals surface area contributed by atoms with E-state index in [1.165, 1.54) is 0 Å². The lowest BCUT2D eigenvalue weighted by molar-refractivity contribution is -0.382. The first-order valence-corrected chi connectivity index (χ1v) is 9.66. The van der Waals surface area contributed by atoms with Crippen LogP contribution in [0.5, 0.6) is 5.75 Å². The summed E-state index contributed by atoms with van der Waals surface area (Å²) < 4.78 is 23.3. The van der Waals surface area contributed by atoms with Crippen molar-refractivity contribution in [1.29, 1.82) is 0 Å². The summed E-state index contributed by atoms with van der Waals surface area (Å²) in [6.07, 6.45) is 4.43. The monoisotopic (exact) mass is 376 g/mol. The number of aliphatic hydroxyl groups is 2. The van der Waals surface area contributed by atoms with Gasteiger partial charge in [0.05, 0.1) is 19.3 Å². The molecule has 1 aliphatic heterocycles. The number of ether oxygens (including phenoxy) is 4. The number of methoxy groups -OCH3 is 1. The first kappa shape index (κ1) is 18.9. The fourth-order valence-corrected chi connectivity index (χ4v) is 4.92. The van der Waals surface area contributed by atoms with Gasteiger partial charge in [0, 0.05) is 25.4 Å². The summed E-state index contributed by atoms with van der Waals surface area (Å²) in [5, 5.41) is 20.8. The maximum Gasteiger partial charge on any atom is 0.198 e. The van der Waals surface area contributed by atoms with Crippen LogP contribution in [0.2, 0.25) is 0 Å². The van der Waals surface area contributed by atoms with Crippen LogP contribution in [0.3, 0.4) is 0 Å². The molecule has 0 amide bonds. The molecule has 6 heteroatoms. The van der Waals surface area contributed by atoms with E-state index in [1.54, 1.807) is 13.2 Å². The minimum absolute atomic E-state index is 0.0999. The molecular weight excluding hydrogens is 348 g/mol. The van der Waals surface area contributed by atoms with Gasteiger partial charge in [-0.3, -0.25) is 0 Å². The topological polar surface area (TPSA) is 77.4 Å². The first-order valence-electron chi connectivity index (χ1n) is 9.66. The Labute approximate surface area is 159 Å². The Morgan fingerprint density at radius 3 is 2.70 bits per heavy atom. The highest BCUT2D eigenvalue weighted by Crippen LogP contribution is 2.62. The summed E-state index contributed by atoms with van der Waals surface area (Å²) in [5.74, 6) is 0.0390. The zero-order valence-corrected chi connectivity index (χ0v) is 15.6. The number of benzene rings is 1. The third kappa shape index (κ3) is 3.19. The molecule has 2 N–H and O–H groups in total. The van der Waals surface area contributed by atoms with Crippen LogP contribution in [0.1, 0.15) is 19.3 Å². The Balaban J connectivity index is 1.41. The van der Waals surface area contributed by atoms with E-state index < -0.39 is 23.6 Å². The molecule has 3 fully saturated rings. The van der Waals surface area contributed by atoms with E-state index in [-0.39, 0.29) is 18.4 Å². The van der Waals surface area contributed by atoms with Gasteiger partial charge in [-0.05, 0) is 25.0 Å². The first-order chi connectivity index (χ1) is 13.1. The van der Waals surface area contributed by atoms with Gasteiger partial charge in [-0.1, -0.05) is 30.4 Å². The predicted molar refractivity (Wildman–Crippen MR) is 98.3 cm³/mol. The maximum atomic E-state index is 10.6. The van der Waals surface area contributed by atoms with Crippen LogP contribution < -0.4 is 4.74 Å². The molecule has 4 rings (SSSR count). The fourth-order valence-electron chi connectivity index (χ4n) is 4.92. The summed E-state index contributed by atoms with van der Waals surface area (Å²) in [4.78, 5) is 0. The van der Waals surface area contributed by atoms with Gasteiger partial charge in [0.2, 0.25) is 0 Å². The molecule has 1 aromatic rings. The maximum absolute atomic E-state index is 10.6. The standard InChI is InChI=1S/C21H28O6/c1-24-20-10-9-19(23)17(18(20)13-21(20)26-11-12-27-21)8-7-15(22)14-25-16-5-3-2-4-6-16/h2-8,15,17-19,22-23H,9-14H2,1H3/b8-7+/t15-,17+,18+,19+,20+/m1/s1. The molecule has 148 valence electrons. The van der Waals surface area contributed by atoms with Crippen LogP contribution in [-0.4, -0.2) is 60.7 Å². The van der Waals surface area contributed by atoms with Crippen molar-refractivity contribution in [2.24, 2.45) is 11.8 Å². The number of hydrogen-bond acceptors (Lipinski definition) is 6. The second-order valence-electron chi connectivity index (χ2n) is 7.61.